The molecule has 24 heavy (non-hydrogen) atoms. The number of rotatable bonds is 5. The minimum atomic E-state index is -0.675. The fraction of sp³-hybridized carbons (Fsp3) is 0.368. The number of carbonyl (C=O) groups is 2. The summed E-state index contributed by atoms with van der Waals surface area (Å²) in [4.78, 5) is 24.4. The Bertz CT molecular complexity index is 738. The highest BCUT2D eigenvalue weighted by Gasteiger charge is 2.28. The molecule has 2 aromatic carbocycles. The second-order valence-corrected chi connectivity index (χ2v) is 6.12. The summed E-state index contributed by atoms with van der Waals surface area (Å²) >= 11 is 0. The third-order valence-electron chi connectivity index (χ3n) is 4.43. The van der Waals surface area contributed by atoms with Gasteiger partial charge in [-0.15, -0.1) is 0 Å². The summed E-state index contributed by atoms with van der Waals surface area (Å²) in [5.41, 5.74) is 0.990. The second-order valence-electron chi connectivity index (χ2n) is 6.12. The van der Waals surface area contributed by atoms with Crippen LogP contribution in [0.4, 0.5) is 0 Å². The molecule has 126 valence electrons. The van der Waals surface area contributed by atoms with Crippen LogP contribution < -0.4 is 10.6 Å². The molecule has 0 radical (unpaired) electrons. The van der Waals surface area contributed by atoms with Gasteiger partial charge in [-0.25, -0.2) is 4.79 Å². The molecule has 1 fully saturated rings. The summed E-state index contributed by atoms with van der Waals surface area (Å²) in [5, 5.41) is 8.23. The van der Waals surface area contributed by atoms with Crippen molar-refractivity contribution in [2.45, 2.75) is 31.3 Å². The zero-order valence-corrected chi connectivity index (χ0v) is 13.7. The Hall–Kier alpha value is -2.40. The van der Waals surface area contributed by atoms with Gasteiger partial charge in [-0.3, -0.25) is 4.79 Å². The topological polar surface area (TPSA) is 67.4 Å². The van der Waals surface area contributed by atoms with E-state index in [9.17, 15) is 9.59 Å². The van der Waals surface area contributed by atoms with E-state index in [0.717, 1.165) is 35.7 Å². The fourth-order valence-electron chi connectivity index (χ4n) is 3.12. The maximum atomic E-state index is 12.3. The SMILES string of the molecule is COC(=O)[C@H](Cc1ccc2ccccc2c1)NC(=O)[C@@H]1CCCN1. The van der Waals surface area contributed by atoms with Gasteiger partial charge >= 0.3 is 5.97 Å². The Labute approximate surface area is 141 Å². The molecule has 0 saturated carbocycles. The van der Waals surface area contributed by atoms with Gasteiger partial charge in [0.05, 0.1) is 13.2 Å². The summed E-state index contributed by atoms with van der Waals surface area (Å²) in [6, 6.07) is 13.2. The summed E-state index contributed by atoms with van der Waals surface area (Å²) in [7, 11) is 1.34. The number of esters is 1. The number of amides is 1. The van der Waals surface area contributed by atoms with Gasteiger partial charge in [-0.2, -0.15) is 0 Å². The lowest BCUT2D eigenvalue weighted by Crippen LogP contribution is -2.49. The number of benzene rings is 2. The van der Waals surface area contributed by atoms with Crippen LogP contribution in [0, 0.1) is 0 Å². The number of ether oxygens (including phenoxy) is 1. The van der Waals surface area contributed by atoms with E-state index in [1.165, 1.54) is 7.11 Å². The molecule has 3 rings (SSSR count). The molecule has 1 amide bonds. The van der Waals surface area contributed by atoms with Crippen LogP contribution in [0.2, 0.25) is 0 Å². The number of nitrogens with one attached hydrogen (secondary N) is 2. The molecule has 5 nitrogen and oxygen atoms in total. The Balaban J connectivity index is 1.75. The summed E-state index contributed by atoms with van der Waals surface area (Å²) in [5.74, 6) is -0.557. The number of carbonyl (C=O) groups excluding carboxylic acids is 2. The average molecular weight is 326 g/mol. The van der Waals surface area contributed by atoms with Gasteiger partial charge in [0.2, 0.25) is 5.91 Å². The Kier molecular flexibility index (Phi) is 5.11. The molecule has 0 bridgehead atoms. The van der Waals surface area contributed by atoms with E-state index >= 15 is 0 Å². The first-order valence-electron chi connectivity index (χ1n) is 8.26. The first-order chi connectivity index (χ1) is 11.7. The molecule has 1 saturated heterocycles. The van der Waals surface area contributed by atoms with Crippen LogP contribution >= 0.6 is 0 Å². The van der Waals surface area contributed by atoms with Crippen molar-refractivity contribution in [1.29, 1.82) is 0 Å². The van der Waals surface area contributed by atoms with Crippen LogP contribution in [0.5, 0.6) is 0 Å². The van der Waals surface area contributed by atoms with E-state index in [1.54, 1.807) is 0 Å². The van der Waals surface area contributed by atoms with Crippen LogP contribution in [0.3, 0.4) is 0 Å². The van der Waals surface area contributed by atoms with Crippen molar-refractivity contribution >= 4 is 22.6 Å². The normalized spacial score (nSPS) is 18.3. The highest BCUT2D eigenvalue weighted by atomic mass is 16.5. The van der Waals surface area contributed by atoms with E-state index < -0.39 is 12.0 Å². The van der Waals surface area contributed by atoms with E-state index in [0.29, 0.717) is 6.42 Å². The molecule has 5 heteroatoms. The highest BCUT2D eigenvalue weighted by molar-refractivity contribution is 5.88. The molecule has 1 heterocycles. The number of hydrogen-bond donors (Lipinski definition) is 2. The minimum absolute atomic E-state index is 0.135. The standard InChI is InChI=1S/C19H22N2O3/c1-24-19(23)17(21-18(22)16-7-4-10-20-16)12-13-8-9-14-5-2-3-6-15(14)11-13/h2-3,5-6,8-9,11,16-17,20H,4,7,10,12H2,1H3,(H,21,22)/t16-,17-/m0/s1. The summed E-state index contributed by atoms with van der Waals surface area (Å²) < 4.78 is 4.86. The van der Waals surface area contributed by atoms with Crippen molar-refractivity contribution in [3.8, 4) is 0 Å². The molecule has 2 aromatic rings. The van der Waals surface area contributed by atoms with Crippen LogP contribution in [0.25, 0.3) is 10.8 Å². The molecule has 2 atom stereocenters. The molecule has 1 aliphatic heterocycles. The van der Waals surface area contributed by atoms with Crippen molar-refractivity contribution in [3.63, 3.8) is 0 Å². The molecule has 1 aliphatic rings. The maximum absolute atomic E-state index is 12.3. The second kappa shape index (κ2) is 7.45. The molecular formula is C19H22N2O3. The molecule has 2 N–H and O–H groups in total. The third-order valence-corrected chi connectivity index (χ3v) is 4.43. The van der Waals surface area contributed by atoms with Gasteiger partial charge in [-0.1, -0.05) is 42.5 Å². The molecule has 0 unspecified atom stereocenters. The van der Waals surface area contributed by atoms with Gasteiger partial charge in [0, 0.05) is 6.42 Å². The van der Waals surface area contributed by atoms with Gasteiger partial charge in [0.1, 0.15) is 6.04 Å². The zero-order chi connectivity index (χ0) is 16.9. The lowest BCUT2D eigenvalue weighted by atomic mass is 10.0. The Morgan fingerprint density at radius 3 is 2.75 bits per heavy atom. The zero-order valence-electron chi connectivity index (χ0n) is 13.7. The first-order valence-corrected chi connectivity index (χ1v) is 8.26. The minimum Gasteiger partial charge on any atom is -0.467 e. The van der Waals surface area contributed by atoms with Crippen LogP contribution in [0.15, 0.2) is 42.5 Å². The predicted molar refractivity (Wildman–Crippen MR) is 92.6 cm³/mol. The lowest BCUT2D eigenvalue weighted by molar-refractivity contribution is -0.145. The van der Waals surface area contributed by atoms with Gasteiger partial charge in [-0.05, 0) is 35.7 Å². The monoisotopic (exact) mass is 326 g/mol. The van der Waals surface area contributed by atoms with Gasteiger partial charge < -0.3 is 15.4 Å². The fourth-order valence-corrected chi connectivity index (χ4v) is 3.12. The summed E-state index contributed by atoms with van der Waals surface area (Å²) in [6.45, 7) is 0.839. The first kappa shape index (κ1) is 16.5. The quantitative estimate of drug-likeness (QED) is 0.822. The van der Waals surface area contributed by atoms with Crippen molar-refractivity contribution < 1.29 is 14.3 Å². The molecule has 0 spiro atoms. The van der Waals surface area contributed by atoms with Crippen LogP contribution in [-0.4, -0.2) is 37.6 Å². The third kappa shape index (κ3) is 3.74. The largest absolute Gasteiger partial charge is 0.467 e. The Morgan fingerprint density at radius 1 is 1.25 bits per heavy atom. The van der Waals surface area contributed by atoms with E-state index in [-0.39, 0.29) is 11.9 Å². The van der Waals surface area contributed by atoms with Crippen molar-refractivity contribution in [3.05, 3.63) is 48.0 Å². The number of fused-ring (bicyclic) bond motifs is 1. The van der Waals surface area contributed by atoms with E-state index in [1.807, 2.05) is 42.5 Å². The van der Waals surface area contributed by atoms with Gasteiger partial charge in [0.15, 0.2) is 0 Å². The highest BCUT2D eigenvalue weighted by Crippen LogP contribution is 2.17. The maximum Gasteiger partial charge on any atom is 0.328 e. The number of hydrogen-bond acceptors (Lipinski definition) is 4. The molecular weight excluding hydrogens is 304 g/mol. The molecule has 0 aliphatic carbocycles. The van der Waals surface area contributed by atoms with Crippen LogP contribution in [0.1, 0.15) is 18.4 Å². The van der Waals surface area contributed by atoms with Crippen molar-refractivity contribution in [2.24, 2.45) is 0 Å². The average Bonchev–Trinajstić information content (AvgIpc) is 3.15. The van der Waals surface area contributed by atoms with Crippen molar-refractivity contribution in [1.82, 2.24) is 10.6 Å². The molecule has 0 aromatic heterocycles. The Morgan fingerprint density at radius 2 is 2.04 bits per heavy atom. The van der Waals surface area contributed by atoms with E-state index in [2.05, 4.69) is 10.6 Å². The van der Waals surface area contributed by atoms with Gasteiger partial charge in [0.25, 0.3) is 0 Å². The summed E-state index contributed by atoms with van der Waals surface area (Å²) in [6.07, 6.45) is 2.19. The van der Waals surface area contributed by atoms with E-state index in [4.69, 9.17) is 4.74 Å². The van der Waals surface area contributed by atoms with Crippen LogP contribution in [-0.2, 0) is 20.7 Å². The predicted octanol–water partition coefficient (Wildman–Crippen LogP) is 1.79. The number of methoxy groups -OCH3 is 1. The smallest absolute Gasteiger partial charge is 0.328 e. The lowest BCUT2D eigenvalue weighted by Gasteiger charge is -2.19. The van der Waals surface area contributed by atoms with Crippen molar-refractivity contribution in [2.75, 3.05) is 13.7 Å².